The summed E-state index contributed by atoms with van der Waals surface area (Å²) in [5.74, 6) is 0.0421. The first-order valence-electron chi connectivity index (χ1n) is 9.67. The van der Waals surface area contributed by atoms with Crippen LogP contribution in [0.3, 0.4) is 0 Å². The van der Waals surface area contributed by atoms with E-state index in [1.54, 1.807) is 7.11 Å². The molecule has 0 aliphatic rings. The molecule has 0 amide bonds. The number of carbonyl (C=O) groups is 1. The van der Waals surface area contributed by atoms with Crippen molar-refractivity contribution in [2.45, 2.75) is 12.0 Å². The van der Waals surface area contributed by atoms with Crippen LogP contribution in [0.1, 0.15) is 28.7 Å². The maximum atomic E-state index is 13.4. The SMILES string of the molecule is COc1ccc([C@@H](CN(C)C)OC(=O)C(c2ccccc2)c2ccccc2)cc1. The van der Waals surface area contributed by atoms with Gasteiger partial charge in [-0.05, 0) is 42.9 Å². The Bertz CT molecular complexity index is 853. The van der Waals surface area contributed by atoms with Crippen LogP contribution in [-0.4, -0.2) is 38.6 Å². The first kappa shape index (κ1) is 20.6. The van der Waals surface area contributed by atoms with Gasteiger partial charge < -0.3 is 14.4 Å². The molecule has 3 aromatic carbocycles. The summed E-state index contributed by atoms with van der Waals surface area (Å²) in [4.78, 5) is 15.4. The first-order valence-corrected chi connectivity index (χ1v) is 9.67. The number of methoxy groups -OCH3 is 1. The quantitative estimate of drug-likeness (QED) is 0.525. The van der Waals surface area contributed by atoms with Crippen molar-refractivity contribution in [3.05, 3.63) is 102 Å². The standard InChI is InChI=1S/C25H27NO3/c1-26(2)18-23(19-14-16-22(28-3)17-15-19)29-25(27)24(20-10-6-4-7-11-20)21-12-8-5-9-13-21/h4-17,23-24H,18H2,1-3H3/t23-/m1/s1. The Balaban J connectivity index is 1.90. The van der Waals surface area contributed by atoms with Gasteiger partial charge in [-0.2, -0.15) is 0 Å². The van der Waals surface area contributed by atoms with Crippen molar-refractivity contribution in [2.75, 3.05) is 27.7 Å². The van der Waals surface area contributed by atoms with E-state index in [1.807, 2.05) is 104 Å². The summed E-state index contributed by atoms with van der Waals surface area (Å²) in [5.41, 5.74) is 2.77. The Morgan fingerprint density at radius 3 is 1.76 bits per heavy atom. The van der Waals surface area contributed by atoms with E-state index in [0.29, 0.717) is 6.54 Å². The fraction of sp³-hybridized carbons (Fsp3) is 0.240. The third-order valence-electron chi connectivity index (χ3n) is 4.78. The van der Waals surface area contributed by atoms with Gasteiger partial charge in [0.1, 0.15) is 17.8 Å². The monoisotopic (exact) mass is 389 g/mol. The number of likely N-dealkylation sites (N-methyl/N-ethyl adjacent to an activating group) is 1. The molecule has 0 fully saturated rings. The van der Waals surface area contributed by atoms with E-state index >= 15 is 0 Å². The normalized spacial score (nSPS) is 12.0. The zero-order valence-electron chi connectivity index (χ0n) is 17.1. The smallest absolute Gasteiger partial charge is 0.318 e. The number of nitrogens with zero attached hydrogens (tertiary/aromatic N) is 1. The number of hydrogen-bond acceptors (Lipinski definition) is 4. The summed E-state index contributed by atoms with van der Waals surface area (Å²) in [6, 6.07) is 27.2. The zero-order chi connectivity index (χ0) is 20.6. The number of benzene rings is 3. The zero-order valence-corrected chi connectivity index (χ0v) is 17.1. The average molecular weight is 389 g/mol. The van der Waals surface area contributed by atoms with Crippen LogP contribution in [0, 0.1) is 0 Å². The maximum Gasteiger partial charge on any atom is 0.318 e. The van der Waals surface area contributed by atoms with Gasteiger partial charge in [0.15, 0.2) is 0 Å². The molecule has 0 aromatic heterocycles. The Labute approximate surface area is 172 Å². The molecule has 0 saturated carbocycles. The molecule has 0 heterocycles. The molecule has 150 valence electrons. The number of hydrogen-bond donors (Lipinski definition) is 0. The van der Waals surface area contributed by atoms with Gasteiger partial charge in [0.05, 0.1) is 7.11 Å². The highest BCUT2D eigenvalue weighted by atomic mass is 16.5. The van der Waals surface area contributed by atoms with Gasteiger partial charge in [0, 0.05) is 6.54 Å². The Morgan fingerprint density at radius 2 is 1.31 bits per heavy atom. The molecular weight excluding hydrogens is 362 g/mol. The van der Waals surface area contributed by atoms with Crippen LogP contribution in [0.2, 0.25) is 0 Å². The van der Waals surface area contributed by atoms with Crippen LogP contribution in [0.25, 0.3) is 0 Å². The van der Waals surface area contributed by atoms with Gasteiger partial charge in [-0.3, -0.25) is 4.79 Å². The van der Waals surface area contributed by atoms with Crippen molar-refractivity contribution >= 4 is 5.97 Å². The summed E-state index contributed by atoms with van der Waals surface area (Å²) in [6.07, 6.45) is -0.377. The molecule has 0 N–H and O–H groups in total. The molecule has 4 nitrogen and oxygen atoms in total. The summed E-state index contributed by atoms with van der Waals surface area (Å²) < 4.78 is 11.3. The lowest BCUT2D eigenvalue weighted by Gasteiger charge is -2.25. The second-order valence-electron chi connectivity index (χ2n) is 7.22. The minimum atomic E-state index is -0.472. The van der Waals surface area contributed by atoms with E-state index in [4.69, 9.17) is 9.47 Å². The van der Waals surface area contributed by atoms with Crippen molar-refractivity contribution < 1.29 is 14.3 Å². The molecule has 0 bridgehead atoms. The fourth-order valence-corrected chi connectivity index (χ4v) is 3.32. The molecule has 4 heteroatoms. The van der Waals surface area contributed by atoms with Crippen LogP contribution in [-0.2, 0) is 9.53 Å². The molecule has 0 radical (unpaired) electrons. The molecule has 1 atom stereocenters. The summed E-state index contributed by atoms with van der Waals surface area (Å²) in [6.45, 7) is 0.592. The van der Waals surface area contributed by atoms with E-state index in [2.05, 4.69) is 0 Å². The van der Waals surface area contributed by atoms with E-state index < -0.39 is 5.92 Å². The topological polar surface area (TPSA) is 38.8 Å². The lowest BCUT2D eigenvalue weighted by Crippen LogP contribution is -2.27. The van der Waals surface area contributed by atoms with Gasteiger partial charge in [-0.25, -0.2) is 0 Å². The second-order valence-corrected chi connectivity index (χ2v) is 7.22. The van der Waals surface area contributed by atoms with Crippen molar-refractivity contribution in [2.24, 2.45) is 0 Å². The fourth-order valence-electron chi connectivity index (χ4n) is 3.32. The van der Waals surface area contributed by atoms with E-state index in [1.165, 1.54) is 0 Å². The van der Waals surface area contributed by atoms with Gasteiger partial charge in [0.2, 0.25) is 0 Å². The van der Waals surface area contributed by atoms with Gasteiger partial charge in [0.25, 0.3) is 0 Å². The summed E-state index contributed by atoms with van der Waals surface area (Å²) in [7, 11) is 5.57. The van der Waals surface area contributed by atoms with Crippen LogP contribution in [0.15, 0.2) is 84.9 Å². The minimum absolute atomic E-state index is 0.259. The van der Waals surface area contributed by atoms with Crippen molar-refractivity contribution in [1.29, 1.82) is 0 Å². The molecule has 0 unspecified atom stereocenters. The predicted molar refractivity (Wildman–Crippen MR) is 115 cm³/mol. The minimum Gasteiger partial charge on any atom is -0.497 e. The van der Waals surface area contributed by atoms with Crippen molar-refractivity contribution in [3.63, 3.8) is 0 Å². The Hall–Kier alpha value is -3.11. The third-order valence-corrected chi connectivity index (χ3v) is 4.78. The van der Waals surface area contributed by atoms with E-state index in [9.17, 15) is 4.79 Å². The Kier molecular flexibility index (Phi) is 7.04. The van der Waals surface area contributed by atoms with Gasteiger partial charge in [-0.15, -0.1) is 0 Å². The van der Waals surface area contributed by atoms with Crippen molar-refractivity contribution in [3.8, 4) is 5.75 Å². The maximum absolute atomic E-state index is 13.4. The molecule has 3 aromatic rings. The van der Waals surface area contributed by atoms with Gasteiger partial charge >= 0.3 is 5.97 Å². The van der Waals surface area contributed by atoms with Crippen LogP contribution in [0.5, 0.6) is 5.75 Å². The lowest BCUT2D eigenvalue weighted by atomic mass is 9.91. The molecular formula is C25H27NO3. The van der Waals surface area contributed by atoms with Gasteiger partial charge in [-0.1, -0.05) is 72.8 Å². The third kappa shape index (κ3) is 5.46. The number of rotatable bonds is 8. The summed E-state index contributed by atoms with van der Waals surface area (Å²) in [5, 5.41) is 0. The number of esters is 1. The lowest BCUT2D eigenvalue weighted by molar-refractivity contribution is -0.151. The average Bonchev–Trinajstić information content (AvgIpc) is 2.75. The highest BCUT2D eigenvalue weighted by molar-refractivity contribution is 5.82. The first-order chi connectivity index (χ1) is 14.1. The van der Waals surface area contributed by atoms with E-state index in [-0.39, 0.29) is 12.1 Å². The highest BCUT2D eigenvalue weighted by Gasteiger charge is 2.27. The van der Waals surface area contributed by atoms with Crippen LogP contribution in [0.4, 0.5) is 0 Å². The number of carbonyl (C=O) groups excluding carboxylic acids is 1. The predicted octanol–water partition coefficient (Wildman–Crippen LogP) is 4.67. The van der Waals surface area contributed by atoms with Crippen LogP contribution < -0.4 is 4.74 Å². The van der Waals surface area contributed by atoms with Crippen molar-refractivity contribution in [1.82, 2.24) is 4.90 Å². The van der Waals surface area contributed by atoms with E-state index in [0.717, 1.165) is 22.4 Å². The largest absolute Gasteiger partial charge is 0.497 e. The highest BCUT2D eigenvalue weighted by Crippen LogP contribution is 2.29. The molecule has 3 rings (SSSR count). The Morgan fingerprint density at radius 1 is 0.793 bits per heavy atom. The van der Waals surface area contributed by atoms with Crippen LogP contribution >= 0.6 is 0 Å². The molecule has 29 heavy (non-hydrogen) atoms. The molecule has 0 aliphatic carbocycles. The molecule has 0 saturated heterocycles. The second kappa shape index (κ2) is 9.89. The number of ether oxygens (including phenoxy) is 2. The molecule has 0 aliphatic heterocycles. The summed E-state index contributed by atoms with van der Waals surface area (Å²) >= 11 is 0. The molecule has 0 spiro atoms.